The lowest BCUT2D eigenvalue weighted by Crippen LogP contribution is -2.33. The van der Waals surface area contributed by atoms with E-state index < -0.39 is 0 Å². The van der Waals surface area contributed by atoms with Crippen LogP contribution in [0.15, 0.2) is 30.6 Å². The van der Waals surface area contributed by atoms with Gasteiger partial charge in [0, 0.05) is 0 Å². The second-order valence-corrected chi connectivity index (χ2v) is 7.08. The Labute approximate surface area is 154 Å². The molecule has 0 bridgehead atoms. The molecule has 1 aromatic heterocycles. The molecule has 1 aromatic carbocycles. The summed E-state index contributed by atoms with van der Waals surface area (Å²) in [5.74, 6) is 0. The van der Waals surface area contributed by atoms with Gasteiger partial charge in [0.05, 0.1) is 13.2 Å². The normalized spacial score (nSPS) is 11.4. The highest BCUT2D eigenvalue weighted by Crippen LogP contribution is 2.11. The fourth-order valence-electron chi connectivity index (χ4n) is 3.45. The minimum Gasteiger partial charge on any atom is -0.342 e. The van der Waals surface area contributed by atoms with Gasteiger partial charge in [0.15, 0.2) is 17.8 Å². The number of nitrogens with zero attached hydrogens (tertiary/aromatic N) is 2. The van der Waals surface area contributed by atoms with E-state index in [0.717, 1.165) is 13.2 Å². The number of hydrogen-bond donors (Lipinski definition) is 0. The van der Waals surface area contributed by atoms with Crippen LogP contribution >= 0.6 is 0 Å². The van der Waals surface area contributed by atoms with Gasteiger partial charge in [-0.1, -0.05) is 76.8 Å². The molecule has 0 aliphatic rings. The molecule has 3 heteroatoms. The third kappa shape index (κ3) is 6.81. The van der Waals surface area contributed by atoms with E-state index in [1.165, 1.54) is 75.2 Å². The SMILES string of the molecule is CCCCCCCCCCCCOC[n+]1cn(CC)c2ccccc21. The van der Waals surface area contributed by atoms with Gasteiger partial charge in [-0.15, -0.1) is 0 Å². The number of imidazole rings is 1. The van der Waals surface area contributed by atoms with Gasteiger partial charge in [0.2, 0.25) is 6.33 Å². The molecule has 1 heterocycles. The Morgan fingerprint density at radius 2 is 1.48 bits per heavy atom. The largest absolute Gasteiger partial charge is 0.342 e. The summed E-state index contributed by atoms with van der Waals surface area (Å²) in [6, 6.07) is 8.55. The van der Waals surface area contributed by atoms with Gasteiger partial charge < -0.3 is 4.74 Å². The number of hydrogen-bond acceptors (Lipinski definition) is 1. The highest BCUT2D eigenvalue weighted by atomic mass is 16.5. The second-order valence-electron chi connectivity index (χ2n) is 7.08. The van der Waals surface area contributed by atoms with Gasteiger partial charge in [-0.2, -0.15) is 0 Å². The number of benzene rings is 1. The van der Waals surface area contributed by atoms with Gasteiger partial charge in [0.25, 0.3) is 0 Å². The molecular formula is C22H37N2O+. The van der Waals surface area contributed by atoms with Crippen molar-refractivity contribution < 1.29 is 9.30 Å². The van der Waals surface area contributed by atoms with Crippen molar-refractivity contribution >= 4 is 11.0 Å². The van der Waals surface area contributed by atoms with Crippen molar-refractivity contribution in [1.82, 2.24) is 4.57 Å². The fourth-order valence-corrected chi connectivity index (χ4v) is 3.45. The predicted octanol–water partition coefficient (Wildman–Crippen LogP) is 5.84. The average Bonchev–Trinajstić information content (AvgIpc) is 3.01. The summed E-state index contributed by atoms with van der Waals surface area (Å²) in [5.41, 5.74) is 2.54. The molecule has 0 radical (unpaired) electrons. The molecule has 0 saturated heterocycles. The van der Waals surface area contributed by atoms with Crippen LogP contribution in [0.25, 0.3) is 11.0 Å². The second kappa shape index (κ2) is 12.1. The first-order chi connectivity index (χ1) is 12.4. The smallest absolute Gasteiger partial charge is 0.246 e. The maximum Gasteiger partial charge on any atom is 0.246 e. The zero-order valence-electron chi connectivity index (χ0n) is 16.4. The summed E-state index contributed by atoms with van der Waals surface area (Å²) in [5, 5.41) is 0. The highest BCUT2D eigenvalue weighted by molar-refractivity contribution is 5.71. The van der Waals surface area contributed by atoms with Crippen molar-refractivity contribution in [3.8, 4) is 0 Å². The molecule has 140 valence electrons. The number of unbranched alkanes of at least 4 members (excludes halogenated alkanes) is 9. The molecule has 0 atom stereocenters. The molecule has 2 rings (SSSR count). The standard InChI is InChI=1S/C22H37N2O/c1-3-5-6-7-8-9-10-11-12-15-18-25-20-24-19-23(4-2)21-16-13-14-17-22(21)24/h13-14,16-17,19H,3-12,15,18,20H2,1-2H3/q+1. The van der Waals surface area contributed by atoms with E-state index >= 15 is 0 Å². The molecule has 0 N–H and O–H groups in total. The summed E-state index contributed by atoms with van der Waals surface area (Å²) < 4.78 is 10.4. The molecule has 0 saturated carbocycles. The monoisotopic (exact) mass is 345 g/mol. The molecule has 0 aliphatic carbocycles. The zero-order chi connectivity index (χ0) is 17.7. The van der Waals surface area contributed by atoms with E-state index in [1.54, 1.807) is 0 Å². The van der Waals surface area contributed by atoms with E-state index in [2.05, 4.69) is 53.6 Å². The van der Waals surface area contributed by atoms with Crippen LogP contribution in [-0.2, 0) is 18.0 Å². The van der Waals surface area contributed by atoms with Crippen LogP contribution in [0, 0.1) is 0 Å². The van der Waals surface area contributed by atoms with Crippen LogP contribution in [-0.4, -0.2) is 11.2 Å². The minimum absolute atomic E-state index is 0.658. The Bertz CT molecular complexity index is 591. The fraction of sp³-hybridized carbons (Fsp3) is 0.682. The van der Waals surface area contributed by atoms with Crippen molar-refractivity contribution in [2.45, 2.75) is 91.3 Å². The van der Waals surface area contributed by atoms with E-state index in [0.29, 0.717) is 6.73 Å². The third-order valence-corrected chi connectivity index (χ3v) is 4.99. The lowest BCUT2D eigenvalue weighted by Gasteiger charge is -2.03. The average molecular weight is 346 g/mol. The van der Waals surface area contributed by atoms with Gasteiger partial charge in [0.1, 0.15) is 0 Å². The molecule has 0 fully saturated rings. The minimum atomic E-state index is 0.658. The highest BCUT2D eigenvalue weighted by Gasteiger charge is 2.13. The van der Waals surface area contributed by atoms with Crippen molar-refractivity contribution in [1.29, 1.82) is 0 Å². The zero-order valence-corrected chi connectivity index (χ0v) is 16.4. The van der Waals surface area contributed by atoms with E-state index in [1.807, 2.05) is 0 Å². The van der Waals surface area contributed by atoms with Crippen LogP contribution in [0.4, 0.5) is 0 Å². The van der Waals surface area contributed by atoms with Gasteiger partial charge in [-0.05, 0) is 25.5 Å². The van der Waals surface area contributed by atoms with Crippen molar-refractivity contribution in [3.05, 3.63) is 30.6 Å². The quantitative estimate of drug-likeness (QED) is 0.310. The summed E-state index contributed by atoms with van der Waals surface area (Å²) in [4.78, 5) is 0. The Morgan fingerprint density at radius 1 is 0.840 bits per heavy atom. The molecule has 0 unspecified atom stereocenters. The molecular weight excluding hydrogens is 308 g/mol. The Hall–Kier alpha value is -1.35. The third-order valence-electron chi connectivity index (χ3n) is 4.99. The lowest BCUT2D eigenvalue weighted by molar-refractivity contribution is -0.710. The first-order valence-electron chi connectivity index (χ1n) is 10.4. The molecule has 2 aromatic rings. The molecule has 25 heavy (non-hydrogen) atoms. The molecule has 0 amide bonds. The van der Waals surface area contributed by atoms with Crippen molar-refractivity contribution in [2.24, 2.45) is 0 Å². The lowest BCUT2D eigenvalue weighted by atomic mass is 10.1. The Morgan fingerprint density at radius 3 is 2.16 bits per heavy atom. The number of aromatic nitrogens is 2. The van der Waals surface area contributed by atoms with E-state index in [4.69, 9.17) is 4.74 Å². The topological polar surface area (TPSA) is 18.0 Å². The first kappa shape index (κ1) is 20.0. The number of rotatable bonds is 14. The van der Waals surface area contributed by atoms with Crippen LogP contribution in [0.2, 0.25) is 0 Å². The van der Waals surface area contributed by atoms with Crippen LogP contribution in [0.3, 0.4) is 0 Å². The molecule has 0 spiro atoms. The number of aryl methyl sites for hydroxylation is 1. The van der Waals surface area contributed by atoms with Crippen molar-refractivity contribution in [3.63, 3.8) is 0 Å². The van der Waals surface area contributed by atoms with E-state index in [9.17, 15) is 0 Å². The van der Waals surface area contributed by atoms with Crippen LogP contribution < -0.4 is 4.57 Å². The summed E-state index contributed by atoms with van der Waals surface area (Å²) in [6.07, 6.45) is 15.9. The van der Waals surface area contributed by atoms with Crippen LogP contribution in [0.1, 0.15) is 78.1 Å². The first-order valence-corrected chi connectivity index (χ1v) is 10.4. The van der Waals surface area contributed by atoms with Crippen molar-refractivity contribution in [2.75, 3.05) is 6.61 Å². The van der Waals surface area contributed by atoms with E-state index in [-0.39, 0.29) is 0 Å². The van der Waals surface area contributed by atoms with Gasteiger partial charge >= 0.3 is 0 Å². The van der Waals surface area contributed by atoms with Crippen LogP contribution in [0.5, 0.6) is 0 Å². The summed E-state index contributed by atoms with van der Waals surface area (Å²) in [7, 11) is 0. The summed E-state index contributed by atoms with van der Waals surface area (Å²) in [6.45, 7) is 6.98. The Balaban J connectivity index is 1.54. The summed E-state index contributed by atoms with van der Waals surface area (Å²) >= 11 is 0. The maximum atomic E-state index is 5.91. The maximum absolute atomic E-state index is 5.91. The van der Waals surface area contributed by atoms with Gasteiger partial charge in [-0.25, -0.2) is 9.13 Å². The predicted molar refractivity (Wildman–Crippen MR) is 106 cm³/mol. The molecule has 0 aliphatic heterocycles. The molecule has 3 nitrogen and oxygen atoms in total. The number of fused-ring (bicyclic) bond motifs is 1. The Kier molecular flexibility index (Phi) is 9.65. The van der Waals surface area contributed by atoms with Gasteiger partial charge in [-0.3, -0.25) is 0 Å². The number of para-hydroxylation sites is 2. The number of ether oxygens (including phenoxy) is 1.